The monoisotopic (exact) mass is 523 g/mol. The minimum atomic E-state index is -1.07. The highest BCUT2D eigenvalue weighted by molar-refractivity contribution is 7.80. The van der Waals surface area contributed by atoms with Crippen LogP contribution in [-0.4, -0.2) is 57.9 Å². The number of aromatic hydroxyl groups is 1. The van der Waals surface area contributed by atoms with Crippen LogP contribution in [0.5, 0.6) is 5.75 Å². The summed E-state index contributed by atoms with van der Waals surface area (Å²) in [5.74, 6) is -0.893. The summed E-state index contributed by atoms with van der Waals surface area (Å²) >= 11 is 4.30. The van der Waals surface area contributed by atoms with Crippen molar-refractivity contribution in [3.8, 4) is 5.75 Å². The molecule has 9 heteroatoms. The maximum atomic E-state index is 13.8. The lowest BCUT2D eigenvalue weighted by molar-refractivity contribution is -0.142. The molecule has 204 valence electrons. The van der Waals surface area contributed by atoms with E-state index in [0.717, 1.165) is 32.1 Å². The van der Waals surface area contributed by atoms with E-state index in [0.29, 0.717) is 12.0 Å². The molecule has 8 nitrogen and oxygen atoms in total. The number of carbonyl (C=O) groups excluding carboxylic acids is 3. The molecule has 0 saturated heterocycles. The lowest BCUT2D eigenvalue weighted by atomic mass is 10.0. The number of phenolic OH excluding ortho intramolecular Hbond substituents is 1. The van der Waals surface area contributed by atoms with E-state index >= 15 is 0 Å². The zero-order valence-electron chi connectivity index (χ0n) is 22.7. The second kappa shape index (κ2) is 15.6. The van der Waals surface area contributed by atoms with Crippen LogP contribution in [0.4, 0.5) is 4.79 Å². The Hall–Kier alpha value is -2.42. The molecule has 0 heterocycles. The van der Waals surface area contributed by atoms with Crippen LogP contribution in [0, 0.1) is 0 Å². The Bertz CT molecular complexity index is 843. The SMILES string of the molecule is CCCCCCN(C(=O)C(CS)NC(=O)OC(C)(C)C)C(C(=O)NC(C)CCC)c1ccccc1O. The van der Waals surface area contributed by atoms with Gasteiger partial charge in [-0.15, -0.1) is 0 Å². The first-order chi connectivity index (χ1) is 16.9. The van der Waals surface area contributed by atoms with Crippen molar-refractivity contribution in [2.75, 3.05) is 12.3 Å². The average molecular weight is 524 g/mol. The van der Waals surface area contributed by atoms with Gasteiger partial charge in [0.1, 0.15) is 23.4 Å². The van der Waals surface area contributed by atoms with Crippen LogP contribution < -0.4 is 10.6 Å². The highest BCUT2D eigenvalue weighted by Crippen LogP contribution is 2.30. The van der Waals surface area contributed by atoms with E-state index < -0.39 is 29.7 Å². The lowest BCUT2D eigenvalue weighted by Crippen LogP contribution is -2.54. The molecule has 0 aliphatic carbocycles. The van der Waals surface area contributed by atoms with Crippen LogP contribution in [0.1, 0.15) is 91.7 Å². The molecular weight excluding hydrogens is 478 g/mol. The average Bonchev–Trinajstić information content (AvgIpc) is 2.78. The summed E-state index contributed by atoms with van der Waals surface area (Å²) in [6.07, 6.45) is 4.51. The molecular formula is C27H45N3O5S. The van der Waals surface area contributed by atoms with Crippen LogP contribution in [0.3, 0.4) is 0 Å². The van der Waals surface area contributed by atoms with E-state index in [1.54, 1.807) is 39.0 Å². The number of phenols is 1. The van der Waals surface area contributed by atoms with Crippen LogP contribution >= 0.6 is 12.6 Å². The van der Waals surface area contributed by atoms with Gasteiger partial charge in [0, 0.05) is 23.9 Å². The molecule has 3 N–H and O–H groups in total. The van der Waals surface area contributed by atoms with E-state index in [4.69, 9.17) is 4.74 Å². The maximum absolute atomic E-state index is 13.8. The summed E-state index contributed by atoms with van der Waals surface area (Å²) < 4.78 is 5.33. The Morgan fingerprint density at radius 2 is 1.72 bits per heavy atom. The van der Waals surface area contributed by atoms with E-state index in [-0.39, 0.29) is 30.0 Å². The van der Waals surface area contributed by atoms with Crippen molar-refractivity contribution < 1.29 is 24.2 Å². The normalized spacial score (nSPS) is 13.9. The van der Waals surface area contributed by atoms with E-state index in [1.807, 2.05) is 13.8 Å². The van der Waals surface area contributed by atoms with Gasteiger partial charge in [-0.25, -0.2) is 4.79 Å². The number of hydrogen-bond donors (Lipinski definition) is 4. The fraction of sp³-hybridized carbons (Fsp3) is 0.667. The molecule has 0 radical (unpaired) electrons. The summed E-state index contributed by atoms with van der Waals surface area (Å²) in [7, 11) is 0. The first kappa shape index (κ1) is 31.6. The molecule has 0 aliphatic rings. The van der Waals surface area contributed by atoms with Crippen molar-refractivity contribution in [3.05, 3.63) is 29.8 Å². The number of thiol groups is 1. The standard InChI is InChI=1S/C27H45N3O5S/c1-7-9-10-13-17-30(25(33)21(18-36)29-26(34)35-27(4,5)6)23(20-15-11-12-16-22(20)31)24(32)28-19(3)14-8-2/h11-12,15-16,19,21,23,31,36H,7-10,13-14,17-18H2,1-6H3,(H,28,32)(H,29,34). The molecule has 3 unspecified atom stereocenters. The smallest absolute Gasteiger partial charge is 0.408 e. The molecule has 36 heavy (non-hydrogen) atoms. The van der Waals surface area contributed by atoms with E-state index in [9.17, 15) is 19.5 Å². The summed E-state index contributed by atoms with van der Waals surface area (Å²) in [6.45, 7) is 11.5. The van der Waals surface area contributed by atoms with Crippen molar-refractivity contribution in [3.63, 3.8) is 0 Å². The van der Waals surface area contributed by atoms with Gasteiger partial charge in [-0.3, -0.25) is 9.59 Å². The van der Waals surface area contributed by atoms with Crippen LogP contribution in [-0.2, 0) is 14.3 Å². The number of unbranched alkanes of at least 4 members (excludes halogenated alkanes) is 3. The largest absolute Gasteiger partial charge is 0.508 e. The number of ether oxygens (including phenoxy) is 1. The van der Waals surface area contributed by atoms with Gasteiger partial charge in [-0.1, -0.05) is 57.7 Å². The van der Waals surface area contributed by atoms with Crippen LogP contribution in [0.25, 0.3) is 0 Å². The minimum absolute atomic E-state index is 0.0187. The number of rotatable bonds is 14. The van der Waals surface area contributed by atoms with Gasteiger partial charge < -0.3 is 25.4 Å². The summed E-state index contributed by atoms with van der Waals surface area (Å²) in [6, 6.07) is 4.36. The van der Waals surface area contributed by atoms with E-state index in [1.165, 1.54) is 11.0 Å². The molecule has 0 spiro atoms. The van der Waals surface area contributed by atoms with Crippen molar-refractivity contribution in [1.29, 1.82) is 0 Å². The topological polar surface area (TPSA) is 108 Å². The molecule has 1 aromatic carbocycles. The summed E-state index contributed by atoms with van der Waals surface area (Å²) in [5, 5.41) is 16.3. The zero-order chi connectivity index (χ0) is 27.3. The van der Waals surface area contributed by atoms with Crippen LogP contribution in [0.15, 0.2) is 24.3 Å². The number of hydrogen-bond acceptors (Lipinski definition) is 6. The maximum Gasteiger partial charge on any atom is 0.408 e. The molecule has 0 aliphatic heterocycles. The molecule has 0 bridgehead atoms. The number of nitrogens with zero attached hydrogens (tertiary/aromatic N) is 1. The number of alkyl carbamates (subject to hydrolysis) is 1. The fourth-order valence-corrected chi connectivity index (χ4v) is 4.15. The zero-order valence-corrected chi connectivity index (χ0v) is 23.6. The Kier molecular flexibility index (Phi) is 13.7. The fourth-order valence-electron chi connectivity index (χ4n) is 3.91. The lowest BCUT2D eigenvalue weighted by Gasteiger charge is -2.35. The highest BCUT2D eigenvalue weighted by atomic mass is 32.1. The predicted octanol–water partition coefficient (Wildman–Crippen LogP) is 4.97. The van der Waals surface area contributed by atoms with Crippen molar-refractivity contribution >= 4 is 30.5 Å². The van der Waals surface area contributed by atoms with Crippen LogP contribution in [0.2, 0.25) is 0 Å². The second-order valence-corrected chi connectivity index (χ2v) is 10.5. The Balaban J connectivity index is 3.40. The number of carbonyl (C=O) groups is 3. The number of para-hydroxylation sites is 1. The molecule has 0 fully saturated rings. The van der Waals surface area contributed by atoms with Gasteiger partial charge in [0.2, 0.25) is 11.8 Å². The Morgan fingerprint density at radius 1 is 1.06 bits per heavy atom. The third-order valence-electron chi connectivity index (χ3n) is 5.61. The third kappa shape index (κ3) is 10.7. The number of nitrogens with one attached hydrogen (secondary N) is 2. The number of amides is 3. The molecule has 1 rings (SSSR count). The quantitative estimate of drug-likeness (QED) is 0.203. The van der Waals surface area contributed by atoms with Gasteiger partial charge in [0.05, 0.1) is 0 Å². The third-order valence-corrected chi connectivity index (χ3v) is 5.97. The molecule has 0 aromatic heterocycles. The second-order valence-electron chi connectivity index (χ2n) is 10.1. The molecule has 1 aromatic rings. The van der Waals surface area contributed by atoms with Gasteiger partial charge in [0.15, 0.2) is 0 Å². The first-order valence-electron chi connectivity index (χ1n) is 12.9. The first-order valence-corrected chi connectivity index (χ1v) is 13.6. The number of benzene rings is 1. The van der Waals surface area contributed by atoms with Gasteiger partial charge in [0.25, 0.3) is 0 Å². The predicted molar refractivity (Wildman–Crippen MR) is 146 cm³/mol. The van der Waals surface area contributed by atoms with E-state index in [2.05, 4.69) is 30.2 Å². The van der Waals surface area contributed by atoms with Gasteiger partial charge in [-0.2, -0.15) is 12.6 Å². The van der Waals surface area contributed by atoms with Crippen molar-refractivity contribution in [2.45, 2.75) is 104 Å². The molecule has 3 atom stereocenters. The molecule has 3 amide bonds. The Morgan fingerprint density at radius 3 is 2.28 bits per heavy atom. The summed E-state index contributed by atoms with van der Waals surface area (Å²) in [5.41, 5.74) is -0.403. The Labute approximate surface area is 222 Å². The highest BCUT2D eigenvalue weighted by Gasteiger charge is 2.37. The minimum Gasteiger partial charge on any atom is -0.508 e. The van der Waals surface area contributed by atoms with Crippen molar-refractivity contribution in [1.82, 2.24) is 15.5 Å². The van der Waals surface area contributed by atoms with Gasteiger partial charge in [-0.05, 0) is 46.6 Å². The summed E-state index contributed by atoms with van der Waals surface area (Å²) in [4.78, 5) is 41.3. The molecule has 0 saturated carbocycles. The van der Waals surface area contributed by atoms with Gasteiger partial charge >= 0.3 is 6.09 Å². The van der Waals surface area contributed by atoms with Crippen molar-refractivity contribution in [2.24, 2.45) is 0 Å².